The SMILES string of the molecule is CC/C=C\C/C=C\C/C=C\C/C=C\C/C=C\C/C=C\C/C=C\C/C=C\CCCCCCCCC(=O)NC(COC1OC(CO)C(O)C(O)C1O)C(O)/C=C/CC/C=C/CC/C=C/CCCCCCCCCCCCCCCCCCCCCCC. The Labute approximate surface area is 521 Å². The number of amides is 1. The number of aliphatic hydroxyl groups is 5. The summed E-state index contributed by atoms with van der Waals surface area (Å²) in [5.74, 6) is -0.209. The summed E-state index contributed by atoms with van der Waals surface area (Å²) in [6.45, 7) is 3.65. The third kappa shape index (κ3) is 52.0. The molecule has 1 fully saturated rings. The van der Waals surface area contributed by atoms with Gasteiger partial charge in [-0.25, -0.2) is 0 Å². The molecule has 9 heteroatoms. The summed E-state index contributed by atoms with van der Waals surface area (Å²) < 4.78 is 11.3. The minimum absolute atomic E-state index is 0.209. The summed E-state index contributed by atoms with van der Waals surface area (Å²) in [7, 11) is 0. The van der Waals surface area contributed by atoms with E-state index in [-0.39, 0.29) is 12.5 Å². The molecule has 1 amide bonds. The van der Waals surface area contributed by atoms with Gasteiger partial charge in [-0.2, -0.15) is 0 Å². The van der Waals surface area contributed by atoms with Crippen LogP contribution in [0.15, 0.2) is 134 Å². The van der Waals surface area contributed by atoms with Gasteiger partial charge in [0.1, 0.15) is 24.4 Å². The Morgan fingerprint density at radius 3 is 1.13 bits per heavy atom. The predicted octanol–water partition coefficient (Wildman–Crippen LogP) is 19.2. The molecular formula is C76H129NO8. The maximum atomic E-state index is 13.1. The van der Waals surface area contributed by atoms with Crippen molar-refractivity contribution in [2.45, 2.75) is 326 Å². The summed E-state index contributed by atoms with van der Waals surface area (Å²) in [5.41, 5.74) is 0. The molecule has 6 N–H and O–H groups in total. The maximum Gasteiger partial charge on any atom is 0.220 e. The number of aliphatic hydroxyl groups excluding tert-OH is 5. The van der Waals surface area contributed by atoms with Crippen molar-refractivity contribution in [3.8, 4) is 0 Å². The third-order valence-corrected chi connectivity index (χ3v) is 15.7. The van der Waals surface area contributed by atoms with E-state index < -0.39 is 49.5 Å². The van der Waals surface area contributed by atoms with Crippen molar-refractivity contribution in [2.24, 2.45) is 0 Å². The first-order valence-corrected chi connectivity index (χ1v) is 34.9. The Morgan fingerprint density at radius 1 is 0.412 bits per heavy atom. The monoisotopic (exact) mass is 1180 g/mol. The fourth-order valence-corrected chi connectivity index (χ4v) is 10.3. The number of nitrogens with one attached hydrogen (secondary N) is 1. The van der Waals surface area contributed by atoms with Gasteiger partial charge in [-0.3, -0.25) is 4.79 Å². The van der Waals surface area contributed by atoms with Crippen LogP contribution in [0.1, 0.15) is 284 Å². The molecule has 1 rings (SSSR count). The van der Waals surface area contributed by atoms with Crippen molar-refractivity contribution in [3.05, 3.63) is 134 Å². The van der Waals surface area contributed by atoms with E-state index in [9.17, 15) is 30.3 Å². The number of hydrogen-bond donors (Lipinski definition) is 6. The first-order valence-electron chi connectivity index (χ1n) is 34.9. The summed E-state index contributed by atoms with van der Waals surface area (Å²) in [6.07, 6.45) is 89.8. The van der Waals surface area contributed by atoms with Gasteiger partial charge in [0.15, 0.2) is 6.29 Å². The van der Waals surface area contributed by atoms with Crippen molar-refractivity contribution >= 4 is 5.91 Å². The number of allylic oxidation sites excluding steroid dienone is 21. The highest BCUT2D eigenvalue weighted by Gasteiger charge is 2.44. The molecule has 0 saturated carbocycles. The molecule has 0 spiro atoms. The molecule has 7 atom stereocenters. The standard InChI is InChI=1S/C76H129NO8/c1-3-5-7-9-11-13-15-17-19-21-23-25-27-29-31-33-35-37-39-41-43-45-47-49-51-53-55-57-59-61-63-65-70(79)69(68-84-76-75(83)74(82)73(81)71(67-78)85-76)77-72(80)66-64-62-60-58-56-54-52-50-48-46-44-42-40-38-36-34-32-30-28-26-24-22-20-18-16-14-12-10-8-6-4-2/h6,8,12,14,18,20,24,26,30,32,36,38,42,44,47-50,55,57,63,65,69-71,73-76,78-79,81-83H,3-5,7,9-11,13,15-17,19,21-23,25,27-29,31,33-35,37,39-41,43,45-46,51-54,56,58-62,64,66-68H2,1-2H3,(H,77,80)/b8-6-,14-12-,20-18-,26-24-,32-30-,38-36-,44-42-,49-47+,50-48-,57-55+,65-63+. The van der Waals surface area contributed by atoms with Crippen LogP contribution in [0.25, 0.3) is 0 Å². The van der Waals surface area contributed by atoms with Crippen molar-refractivity contribution in [1.29, 1.82) is 0 Å². The second-order valence-electron chi connectivity index (χ2n) is 23.6. The molecule has 0 aromatic carbocycles. The molecule has 9 nitrogen and oxygen atoms in total. The summed E-state index contributed by atoms with van der Waals surface area (Å²) >= 11 is 0. The molecule has 1 saturated heterocycles. The van der Waals surface area contributed by atoms with Crippen LogP contribution in [0.5, 0.6) is 0 Å². The Hall–Kier alpha value is -3.67. The second-order valence-corrected chi connectivity index (χ2v) is 23.6. The number of ether oxygens (including phenoxy) is 2. The van der Waals surface area contributed by atoms with Gasteiger partial charge in [-0.05, 0) is 109 Å². The molecule has 1 aliphatic rings. The van der Waals surface area contributed by atoms with Crippen molar-refractivity contribution in [1.82, 2.24) is 5.32 Å². The minimum Gasteiger partial charge on any atom is -0.394 e. The quantitative estimate of drug-likeness (QED) is 0.0261. The van der Waals surface area contributed by atoms with E-state index in [4.69, 9.17) is 9.47 Å². The van der Waals surface area contributed by atoms with E-state index in [1.54, 1.807) is 6.08 Å². The fourth-order valence-electron chi connectivity index (χ4n) is 10.3. The van der Waals surface area contributed by atoms with E-state index >= 15 is 0 Å². The normalized spacial score (nSPS) is 19.0. The van der Waals surface area contributed by atoms with Crippen LogP contribution in [-0.2, 0) is 14.3 Å². The molecule has 0 aliphatic carbocycles. The van der Waals surface area contributed by atoms with Crippen molar-refractivity contribution in [3.63, 3.8) is 0 Å². The second kappa shape index (κ2) is 63.4. The number of carbonyl (C=O) groups is 1. The highest BCUT2D eigenvalue weighted by molar-refractivity contribution is 5.76. The molecule has 486 valence electrons. The van der Waals surface area contributed by atoms with E-state index in [1.807, 2.05) is 6.08 Å². The van der Waals surface area contributed by atoms with Gasteiger partial charge in [0, 0.05) is 6.42 Å². The van der Waals surface area contributed by atoms with E-state index in [2.05, 4.69) is 141 Å². The van der Waals surface area contributed by atoms with Gasteiger partial charge >= 0.3 is 0 Å². The van der Waals surface area contributed by atoms with Gasteiger partial charge in [-0.1, -0.05) is 302 Å². The number of rotatable bonds is 59. The predicted molar refractivity (Wildman–Crippen MR) is 363 cm³/mol. The molecule has 85 heavy (non-hydrogen) atoms. The van der Waals surface area contributed by atoms with Crippen molar-refractivity contribution < 1.29 is 39.8 Å². The minimum atomic E-state index is -1.59. The Kier molecular flexibility index (Phi) is 59.1. The van der Waals surface area contributed by atoms with Crippen LogP contribution in [0, 0.1) is 0 Å². The molecule has 0 aromatic rings. The van der Waals surface area contributed by atoms with Crippen LogP contribution in [0.2, 0.25) is 0 Å². The summed E-state index contributed by atoms with van der Waals surface area (Å²) in [4.78, 5) is 13.1. The molecule has 7 unspecified atom stereocenters. The first-order chi connectivity index (χ1) is 41.8. The topological polar surface area (TPSA) is 149 Å². The zero-order valence-corrected chi connectivity index (χ0v) is 54.3. The first kappa shape index (κ1) is 79.3. The smallest absolute Gasteiger partial charge is 0.220 e. The van der Waals surface area contributed by atoms with Crippen LogP contribution < -0.4 is 5.32 Å². The molecular weight excluding hydrogens is 1050 g/mol. The van der Waals surface area contributed by atoms with Crippen LogP contribution in [0.3, 0.4) is 0 Å². The van der Waals surface area contributed by atoms with Gasteiger partial charge in [0.2, 0.25) is 5.91 Å². The Bertz CT molecular complexity index is 1800. The van der Waals surface area contributed by atoms with Gasteiger partial charge < -0.3 is 40.3 Å². The Morgan fingerprint density at radius 2 is 0.741 bits per heavy atom. The van der Waals surface area contributed by atoms with E-state index in [0.717, 1.165) is 128 Å². The number of unbranched alkanes of at least 4 members (excludes halogenated alkanes) is 29. The molecule has 0 radical (unpaired) electrons. The average molecular weight is 1180 g/mol. The van der Waals surface area contributed by atoms with Crippen LogP contribution in [0.4, 0.5) is 0 Å². The van der Waals surface area contributed by atoms with Crippen LogP contribution >= 0.6 is 0 Å². The number of hydrogen-bond acceptors (Lipinski definition) is 8. The van der Waals surface area contributed by atoms with Crippen molar-refractivity contribution in [2.75, 3.05) is 13.2 Å². The van der Waals surface area contributed by atoms with E-state index in [1.165, 1.54) is 135 Å². The molecule has 0 bridgehead atoms. The lowest BCUT2D eigenvalue weighted by Gasteiger charge is -2.40. The highest BCUT2D eigenvalue weighted by Crippen LogP contribution is 2.23. The van der Waals surface area contributed by atoms with Gasteiger partial charge in [-0.15, -0.1) is 0 Å². The third-order valence-electron chi connectivity index (χ3n) is 15.7. The lowest BCUT2D eigenvalue weighted by Crippen LogP contribution is -2.60. The fraction of sp³-hybridized carbons (Fsp3) is 0.697. The van der Waals surface area contributed by atoms with Gasteiger partial charge in [0.25, 0.3) is 0 Å². The molecule has 1 aliphatic heterocycles. The van der Waals surface area contributed by atoms with E-state index in [0.29, 0.717) is 6.42 Å². The summed E-state index contributed by atoms with van der Waals surface area (Å²) in [5, 5.41) is 54.7. The van der Waals surface area contributed by atoms with Crippen LogP contribution in [-0.4, -0.2) is 87.5 Å². The zero-order chi connectivity index (χ0) is 61.4. The number of carbonyl (C=O) groups excluding carboxylic acids is 1. The zero-order valence-electron chi connectivity index (χ0n) is 54.3. The molecule has 0 aromatic heterocycles. The summed E-state index contributed by atoms with van der Waals surface area (Å²) in [6, 6.07) is -0.849. The largest absolute Gasteiger partial charge is 0.394 e. The maximum absolute atomic E-state index is 13.1. The van der Waals surface area contributed by atoms with Gasteiger partial charge in [0.05, 0.1) is 25.4 Å². The lowest BCUT2D eigenvalue weighted by atomic mass is 9.99. The lowest BCUT2D eigenvalue weighted by molar-refractivity contribution is -0.302. The highest BCUT2D eigenvalue weighted by atomic mass is 16.7. The average Bonchev–Trinajstić information content (AvgIpc) is 3.54. The molecule has 1 heterocycles. The Balaban J connectivity index is 2.22.